The molecule has 1 atom stereocenters. The molecule has 0 bridgehead atoms. The highest BCUT2D eigenvalue weighted by Crippen LogP contribution is 2.35. The van der Waals surface area contributed by atoms with Crippen molar-refractivity contribution in [2.24, 2.45) is 0 Å². The van der Waals surface area contributed by atoms with Crippen molar-refractivity contribution in [2.75, 3.05) is 23.4 Å². The summed E-state index contributed by atoms with van der Waals surface area (Å²) in [4.78, 5) is 2.27. The summed E-state index contributed by atoms with van der Waals surface area (Å²) in [6, 6.07) is 4.55. The van der Waals surface area contributed by atoms with E-state index >= 15 is 0 Å². The molecule has 0 saturated carbocycles. The highest BCUT2D eigenvalue weighted by Gasteiger charge is 2.21. The standard InChI is InChI=1S/C11H17N3/c1-7-3-4-8-10(14(7)2)6-5-9(12)11(8)13/h5-7H,3-4,12-13H2,1-2H3. The lowest BCUT2D eigenvalue weighted by molar-refractivity contribution is 0.599. The number of rotatable bonds is 0. The van der Waals surface area contributed by atoms with E-state index in [1.54, 1.807) is 0 Å². The summed E-state index contributed by atoms with van der Waals surface area (Å²) in [5.41, 5.74) is 15.7. The van der Waals surface area contributed by atoms with Crippen molar-refractivity contribution in [1.82, 2.24) is 0 Å². The van der Waals surface area contributed by atoms with Crippen LogP contribution in [0, 0.1) is 0 Å². The summed E-state index contributed by atoms with van der Waals surface area (Å²) in [6.07, 6.45) is 2.19. The van der Waals surface area contributed by atoms with Crippen molar-refractivity contribution >= 4 is 17.1 Å². The molecule has 1 aromatic carbocycles. The molecule has 0 amide bonds. The fraction of sp³-hybridized carbons (Fsp3) is 0.455. The Morgan fingerprint density at radius 2 is 2.07 bits per heavy atom. The van der Waals surface area contributed by atoms with Crippen molar-refractivity contribution in [3.8, 4) is 0 Å². The molecule has 1 aliphatic rings. The maximum absolute atomic E-state index is 5.96. The molecular weight excluding hydrogens is 174 g/mol. The van der Waals surface area contributed by atoms with Crippen molar-refractivity contribution < 1.29 is 0 Å². The zero-order valence-corrected chi connectivity index (χ0v) is 8.75. The second-order valence-corrected chi connectivity index (χ2v) is 4.06. The second kappa shape index (κ2) is 3.08. The van der Waals surface area contributed by atoms with Gasteiger partial charge in [-0.3, -0.25) is 0 Å². The monoisotopic (exact) mass is 191 g/mol. The predicted molar refractivity (Wildman–Crippen MR) is 61.5 cm³/mol. The Balaban J connectivity index is 2.53. The molecule has 1 unspecified atom stereocenters. The smallest absolute Gasteiger partial charge is 0.0601 e. The number of nitrogens with zero attached hydrogens (tertiary/aromatic N) is 1. The van der Waals surface area contributed by atoms with Crippen molar-refractivity contribution in [1.29, 1.82) is 0 Å². The normalized spacial score (nSPS) is 20.7. The van der Waals surface area contributed by atoms with E-state index in [1.165, 1.54) is 11.3 Å². The number of nitrogens with two attached hydrogens (primary N) is 2. The van der Waals surface area contributed by atoms with Crippen LogP contribution in [0.4, 0.5) is 17.1 Å². The minimum absolute atomic E-state index is 0.588. The maximum Gasteiger partial charge on any atom is 0.0601 e. The van der Waals surface area contributed by atoms with Gasteiger partial charge in [-0.15, -0.1) is 0 Å². The molecule has 2 rings (SSSR count). The third kappa shape index (κ3) is 1.20. The van der Waals surface area contributed by atoms with E-state index in [0.29, 0.717) is 11.7 Å². The Bertz CT molecular complexity index is 360. The number of hydrogen-bond acceptors (Lipinski definition) is 3. The van der Waals surface area contributed by atoms with E-state index in [1.807, 2.05) is 6.07 Å². The van der Waals surface area contributed by atoms with Crippen LogP contribution in [0.15, 0.2) is 12.1 Å². The van der Waals surface area contributed by atoms with Gasteiger partial charge in [0.15, 0.2) is 0 Å². The Morgan fingerprint density at radius 3 is 2.79 bits per heavy atom. The van der Waals surface area contributed by atoms with Crippen molar-refractivity contribution in [3.63, 3.8) is 0 Å². The zero-order chi connectivity index (χ0) is 10.3. The summed E-state index contributed by atoms with van der Waals surface area (Å²) in [7, 11) is 2.11. The molecule has 1 heterocycles. The Morgan fingerprint density at radius 1 is 1.36 bits per heavy atom. The average molecular weight is 191 g/mol. The van der Waals surface area contributed by atoms with Gasteiger partial charge in [-0.25, -0.2) is 0 Å². The van der Waals surface area contributed by atoms with Crippen LogP contribution in [0.1, 0.15) is 18.9 Å². The summed E-state index contributed by atoms with van der Waals surface area (Å²) in [5.74, 6) is 0. The Kier molecular flexibility index (Phi) is 2.02. The number of hydrogen-bond donors (Lipinski definition) is 2. The third-order valence-corrected chi connectivity index (χ3v) is 3.22. The SMILES string of the molecule is CC1CCc2c(ccc(N)c2N)N1C. The molecule has 0 aromatic heterocycles. The Labute approximate surface area is 84.7 Å². The van der Waals surface area contributed by atoms with Gasteiger partial charge in [-0.2, -0.15) is 0 Å². The maximum atomic E-state index is 5.96. The highest BCUT2D eigenvalue weighted by atomic mass is 15.1. The summed E-state index contributed by atoms with van der Waals surface area (Å²) in [6.45, 7) is 2.23. The van der Waals surface area contributed by atoms with Gasteiger partial charge in [0, 0.05) is 24.3 Å². The minimum Gasteiger partial charge on any atom is -0.397 e. The first-order valence-electron chi connectivity index (χ1n) is 5.01. The van der Waals surface area contributed by atoms with Crippen LogP contribution in [0.25, 0.3) is 0 Å². The second-order valence-electron chi connectivity index (χ2n) is 4.06. The molecular formula is C11H17N3. The van der Waals surface area contributed by atoms with E-state index in [0.717, 1.165) is 18.5 Å². The number of benzene rings is 1. The fourth-order valence-corrected chi connectivity index (χ4v) is 2.05. The molecule has 0 fully saturated rings. The average Bonchev–Trinajstić information content (AvgIpc) is 2.17. The van der Waals surface area contributed by atoms with Crippen LogP contribution in [-0.4, -0.2) is 13.1 Å². The van der Waals surface area contributed by atoms with Gasteiger partial charge in [0.1, 0.15) is 0 Å². The van der Waals surface area contributed by atoms with Gasteiger partial charge in [-0.05, 0) is 31.9 Å². The first-order valence-corrected chi connectivity index (χ1v) is 5.01. The highest BCUT2D eigenvalue weighted by molar-refractivity contribution is 5.77. The van der Waals surface area contributed by atoms with E-state index in [9.17, 15) is 0 Å². The fourth-order valence-electron chi connectivity index (χ4n) is 2.05. The predicted octanol–water partition coefficient (Wildman–Crippen LogP) is 1.62. The van der Waals surface area contributed by atoms with Crippen LogP contribution >= 0.6 is 0 Å². The molecule has 3 nitrogen and oxygen atoms in total. The molecule has 0 saturated heterocycles. The van der Waals surface area contributed by atoms with E-state index < -0.39 is 0 Å². The lowest BCUT2D eigenvalue weighted by atomic mass is 9.95. The van der Waals surface area contributed by atoms with Crippen LogP contribution in [0.5, 0.6) is 0 Å². The van der Waals surface area contributed by atoms with Gasteiger partial charge in [0.25, 0.3) is 0 Å². The van der Waals surface area contributed by atoms with Gasteiger partial charge in [-0.1, -0.05) is 0 Å². The first kappa shape index (κ1) is 9.19. The molecule has 76 valence electrons. The molecule has 1 aromatic rings. The van der Waals surface area contributed by atoms with Crippen LogP contribution in [0.3, 0.4) is 0 Å². The largest absolute Gasteiger partial charge is 0.397 e. The van der Waals surface area contributed by atoms with Gasteiger partial charge in [0.2, 0.25) is 0 Å². The van der Waals surface area contributed by atoms with Gasteiger partial charge in [0.05, 0.1) is 11.4 Å². The molecule has 14 heavy (non-hydrogen) atoms. The number of nitrogen functional groups attached to an aromatic ring is 2. The van der Waals surface area contributed by atoms with E-state index in [-0.39, 0.29) is 0 Å². The lowest BCUT2D eigenvalue weighted by Gasteiger charge is -2.34. The Hall–Kier alpha value is -1.38. The first-order chi connectivity index (χ1) is 6.61. The zero-order valence-electron chi connectivity index (χ0n) is 8.75. The lowest BCUT2D eigenvalue weighted by Crippen LogP contribution is -2.34. The van der Waals surface area contributed by atoms with Crippen LogP contribution < -0.4 is 16.4 Å². The van der Waals surface area contributed by atoms with E-state index in [4.69, 9.17) is 11.5 Å². The number of anilines is 3. The molecule has 0 radical (unpaired) electrons. The molecule has 4 N–H and O–H groups in total. The van der Waals surface area contributed by atoms with Crippen molar-refractivity contribution in [2.45, 2.75) is 25.8 Å². The van der Waals surface area contributed by atoms with Gasteiger partial charge < -0.3 is 16.4 Å². The minimum atomic E-state index is 0.588. The molecule has 3 heteroatoms. The third-order valence-electron chi connectivity index (χ3n) is 3.22. The summed E-state index contributed by atoms with van der Waals surface area (Å²) in [5, 5.41) is 0. The van der Waals surface area contributed by atoms with Crippen LogP contribution in [-0.2, 0) is 6.42 Å². The van der Waals surface area contributed by atoms with Gasteiger partial charge >= 0.3 is 0 Å². The number of fused-ring (bicyclic) bond motifs is 1. The topological polar surface area (TPSA) is 55.3 Å². The van der Waals surface area contributed by atoms with Crippen LogP contribution in [0.2, 0.25) is 0 Å². The molecule has 0 spiro atoms. The van der Waals surface area contributed by atoms with E-state index in [2.05, 4.69) is 24.9 Å². The summed E-state index contributed by atoms with van der Waals surface area (Å²) >= 11 is 0. The van der Waals surface area contributed by atoms with Crippen molar-refractivity contribution in [3.05, 3.63) is 17.7 Å². The summed E-state index contributed by atoms with van der Waals surface area (Å²) < 4.78 is 0. The molecule has 1 aliphatic heterocycles. The molecule has 0 aliphatic carbocycles. The quantitative estimate of drug-likeness (QED) is 0.613.